The molecule has 0 saturated carbocycles. The first-order valence-electron chi connectivity index (χ1n) is 9.05. The predicted molar refractivity (Wildman–Crippen MR) is 110 cm³/mol. The molecule has 1 aliphatic rings. The monoisotopic (exact) mass is 422 g/mol. The number of sulfonamides is 1. The van der Waals surface area contributed by atoms with E-state index in [2.05, 4.69) is 5.32 Å². The maximum atomic E-state index is 12.7. The van der Waals surface area contributed by atoms with Crippen molar-refractivity contribution in [3.8, 4) is 5.75 Å². The van der Waals surface area contributed by atoms with Crippen LogP contribution < -0.4 is 10.1 Å². The van der Waals surface area contributed by atoms with Crippen molar-refractivity contribution in [1.82, 2.24) is 4.31 Å². The van der Waals surface area contributed by atoms with Gasteiger partial charge in [0.2, 0.25) is 15.9 Å². The molecule has 0 aromatic heterocycles. The number of benzene rings is 2. The summed E-state index contributed by atoms with van der Waals surface area (Å²) in [6.07, 6.45) is 0.980. The lowest BCUT2D eigenvalue weighted by molar-refractivity contribution is -0.120. The first-order valence-corrected chi connectivity index (χ1v) is 11.0. The van der Waals surface area contributed by atoms with Gasteiger partial charge in [-0.05, 0) is 48.7 Å². The zero-order valence-electron chi connectivity index (χ0n) is 15.6. The number of hydrogen-bond donors (Lipinski definition) is 1. The SMILES string of the molecule is COc1ccc(NC(=O)C2CCN(S(=O)(=O)Cc3ccccc3Cl)CC2)cc1. The smallest absolute Gasteiger partial charge is 0.227 e. The molecule has 2 aromatic carbocycles. The molecule has 8 heteroatoms. The normalized spacial score (nSPS) is 15.9. The lowest BCUT2D eigenvalue weighted by atomic mass is 9.97. The molecule has 1 heterocycles. The summed E-state index contributed by atoms with van der Waals surface area (Å²) in [5.74, 6) is 0.285. The van der Waals surface area contributed by atoms with E-state index in [-0.39, 0.29) is 17.6 Å². The van der Waals surface area contributed by atoms with Crippen molar-refractivity contribution in [2.24, 2.45) is 5.92 Å². The minimum Gasteiger partial charge on any atom is -0.497 e. The molecule has 28 heavy (non-hydrogen) atoms. The Morgan fingerprint density at radius 2 is 1.79 bits per heavy atom. The highest BCUT2D eigenvalue weighted by Gasteiger charge is 2.31. The number of ether oxygens (including phenoxy) is 1. The Hall–Kier alpha value is -2.09. The average Bonchev–Trinajstić information content (AvgIpc) is 2.70. The number of nitrogens with zero attached hydrogens (tertiary/aromatic N) is 1. The van der Waals surface area contributed by atoms with Crippen LogP contribution in [0.2, 0.25) is 5.02 Å². The van der Waals surface area contributed by atoms with E-state index >= 15 is 0 Å². The lowest BCUT2D eigenvalue weighted by Crippen LogP contribution is -2.41. The Kier molecular flexibility index (Phi) is 6.59. The third-order valence-corrected chi connectivity index (χ3v) is 7.07. The van der Waals surface area contributed by atoms with Crippen molar-refractivity contribution in [3.63, 3.8) is 0 Å². The highest BCUT2D eigenvalue weighted by molar-refractivity contribution is 7.88. The molecule has 0 bridgehead atoms. The topological polar surface area (TPSA) is 75.7 Å². The molecule has 1 fully saturated rings. The number of nitrogens with one attached hydrogen (secondary N) is 1. The van der Waals surface area contributed by atoms with Crippen LogP contribution in [-0.4, -0.2) is 38.8 Å². The van der Waals surface area contributed by atoms with Gasteiger partial charge in [-0.2, -0.15) is 0 Å². The molecule has 1 amide bonds. The molecule has 0 radical (unpaired) electrons. The Bertz CT molecular complexity index is 923. The molecule has 0 aliphatic carbocycles. The van der Waals surface area contributed by atoms with E-state index in [1.807, 2.05) is 0 Å². The zero-order chi connectivity index (χ0) is 20.1. The maximum absolute atomic E-state index is 12.7. The highest BCUT2D eigenvalue weighted by Crippen LogP contribution is 2.25. The van der Waals surface area contributed by atoms with E-state index in [9.17, 15) is 13.2 Å². The van der Waals surface area contributed by atoms with Gasteiger partial charge >= 0.3 is 0 Å². The molecule has 150 valence electrons. The lowest BCUT2D eigenvalue weighted by Gasteiger charge is -2.30. The van der Waals surface area contributed by atoms with Crippen LogP contribution >= 0.6 is 11.6 Å². The summed E-state index contributed by atoms with van der Waals surface area (Å²) >= 11 is 6.09. The summed E-state index contributed by atoms with van der Waals surface area (Å²) in [5.41, 5.74) is 1.28. The van der Waals surface area contributed by atoms with Gasteiger partial charge in [-0.1, -0.05) is 29.8 Å². The number of amides is 1. The van der Waals surface area contributed by atoms with Crippen LogP contribution in [0.5, 0.6) is 5.75 Å². The first-order chi connectivity index (χ1) is 13.4. The summed E-state index contributed by atoms with van der Waals surface area (Å²) in [7, 11) is -1.89. The van der Waals surface area contributed by atoms with E-state index in [1.54, 1.807) is 55.6 Å². The number of carbonyl (C=O) groups is 1. The number of anilines is 1. The number of rotatable bonds is 6. The van der Waals surface area contributed by atoms with Crippen molar-refractivity contribution < 1.29 is 17.9 Å². The largest absolute Gasteiger partial charge is 0.497 e. The molecule has 6 nitrogen and oxygen atoms in total. The summed E-state index contributed by atoms with van der Waals surface area (Å²) in [5, 5.41) is 3.33. The second-order valence-corrected chi connectivity index (χ2v) is 9.11. The van der Waals surface area contributed by atoms with Gasteiger partial charge in [0.1, 0.15) is 5.75 Å². The third-order valence-electron chi connectivity index (χ3n) is 4.87. The number of halogens is 1. The van der Waals surface area contributed by atoms with Crippen molar-refractivity contribution in [1.29, 1.82) is 0 Å². The molecule has 0 spiro atoms. The minimum absolute atomic E-state index is 0.0895. The maximum Gasteiger partial charge on any atom is 0.227 e. The molecular formula is C20H23ClN2O4S. The van der Waals surface area contributed by atoms with Crippen molar-refractivity contribution in [3.05, 3.63) is 59.1 Å². The van der Waals surface area contributed by atoms with Crippen LogP contribution in [-0.2, 0) is 20.6 Å². The van der Waals surface area contributed by atoms with Gasteiger partial charge in [-0.3, -0.25) is 4.79 Å². The molecule has 0 atom stereocenters. The molecule has 2 aromatic rings. The van der Waals surface area contributed by atoms with E-state index in [0.717, 1.165) is 5.75 Å². The Labute approximate surface area is 170 Å². The van der Waals surface area contributed by atoms with E-state index in [1.165, 1.54) is 4.31 Å². The number of carbonyl (C=O) groups excluding carboxylic acids is 1. The minimum atomic E-state index is -3.47. The first kappa shape index (κ1) is 20.6. The van der Waals surface area contributed by atoms with Gasteiger partial charge in [0.05, 0.1) is 12.9 Å². The van der Waals surface area contributed by atoms with Gasteiger partial charge in [0, 0.05) is 29.7 Å². The van der Waals surface area contributed by atoms with Crippen LogP contribution in [0.1, 0.15) is 18.4 Å². The molecule has 0 unspecified atom stereocenters. The average molecular weight is 423 g/mol. The zero-order valence-corrected chi connectivity index (χ0v) is 17.2. The molecule has 1 saturated heterocycles. The molecular weight excluding hydrogens is 400 g/mol. The Morgan fingerprint density at radius 3 is 2.39 bits per heavy atom. The van der Waals surface area contributed by atoms with Gasteiger partial charge in [-0.25, -0.2) is 12.7 Å². The Morgan fingerprint density at radius 1 is 1.14 bits per heavy atom. The van der Waals surface area contributed by atoms with Gasteiger partial charge < -0.3 is 10.1 Å². The molecule has 1 aliphatic heterocycles. The Balaban J connectivity index is 1.55. The van der Waals surface area contributed by atoms with Crippen molar-refractivity contribution in [2.75, 3.05) is 25.5 Å². The van der Waals surface area contributed by atoms with Crippen molar-refractivity contribution in [2.45, 2.75) is 18.6 Å². The van der Waals surface area contributed by atoms with Gasteiger partial charge in [0.25, 0.3) is 0 Å². The summed E-state index contributed by atoms with van der Waals surface area (Å²) < 4.78 is 31.9. The van der Waals surface area contributed by atoms with Gasteiger partial charge in [-0.15, -0.1) is 0 Å². The number of hydrogen-bond acceptors (Lipinski definition) is 4. The van der Waals surface area contributed by atoms with Crippen LogP contribution in [0.25, 0.3) is 0 Å². The fraction of sp³-hybridized carbons (Fsp3) is 0.350. The second-order valence-electron chi connectivity index (χ2n) is 6.74. The quantitative estimate of drug-likeness (QED) is 0.772. The fourth-order valence-corrected chi connectivity index (χ4v) is 5.09. The van der Waals surface area contributed by atoms with Crippen LogP contribution in [0.4, 0.5) is 5.69 Å². The summed E-state index contributed by atoms with van der Waals surface area (Å²) in [4.78, 5) is 12.5. The van der Waals surface area contributed by atoms with E-state index in [4.69, 9.17) is 16.3 Å². The number of methoxy groups -OCH3 is 1. The standard InChI is InChI=1S/C20H23ClN2O4S/c1-27-18-8-6-17(7-9-18)22-20(24)15-10-12-23(13-11-15)28(25,26)14-16-4-2-3-5-19(16)21/h2-9,15H,10-14H2,1H3,(H,22,24). The molecule has 3 rings (SSSR count). The third kappa shape index (κ3) is 5.04. The van der Waals surface area contributed by atoms with Gasteiger partial charge in [0.15, 0.2) is 0 Å². The number of piperidine rings is 1. The molecule has 1 N–H and O–H groups in total. The fourth-order valence-electron chi connectivity index (χ4n) is 3.22. The van der Waals surface area contributed by atoms with Crippen LogP contribution in [0, 0.1) is 5.92 Å². The van der Waals surface area contributed by atoms with Crippen LogP contribution in [0.15, 0.2) is 48.5 Å². The highest BCUT2D eigenvalue weighted by atomic mass is 35.5. The predicted octanol–water partition coefficient (Wildman–Crippen LogP) is 3.53. The summed E-state index contributed by atoms with van der Waals surface area (Å²) in [6, 6.07) is 14.0. The van der Waals surface area contributed by atoms with E-state index in [0.29, 0.717) is 42.2 Å². The summed E-state index contributed by atoms with van der Waals surface area (Å²) in [6.45, 7) is 0.654. The second kappa shape index (κ2) is 8.94. The van der Waals surface area contributed by atoms with Crippen LogP contribution in [0.3, 0.4) is 0 Å². The van der Waals surface area contributed by atoms with E-state index < -0.39 is 10.0 Å². The van der Waals surface area contributed by atoms with Crippen molar-refractivity contribution >= 4 is 33.2 Å².